The van der Waals surface area contributed by atoms with Gasteiger partial charge in [0.2, 0.25) is 11.8 Å². The maximum Gasteiger partial charge on any atom is 0.248 e. The highest BCUT2D eigenvalue weighted by molar-refractivity contribution is 14.1. The molecule has 1 aliphatic carbocycles. The highest BCUT2D eigenvalue weighted by atomic mass is 127. The molecule has 1 aromatic rings. The van der Waals surface area contributed by atoms with Crippen molar-refractivity contribution < 1.29 is 34.0 Å². The van der Waals surface area contributed by atoms with Gasteiger partial charge in [-0.05, 0) is 61.1 Å². The largest absolute Gasteiger partial charge is 0.482 e. The van der Waals surface area contributed by atoms with Gasteiger partial charge in [0.15, 0.2) is 0 Å². The maximum atomic E-state index is 13.0. The van der Waals surface area contributed by atoms with Crippen molar-refractivity contribution in [1.82, 2.24) is 10.2 Å². The molecule has 190 valence electrons. The molecule has 3 N–H and O–H groups in total. The van der Waals surface area contributed by atoms with Gasteiger partial charge in [-0.2, -0.15) is 0 Å². The Morgan fingerprint density at radius 3 is 2.62 bits per heavy atom. The van der Waals surface area contributed by atoms with Gasteiger partial charge in [0.05, 0.1) is 16.2 Å². The molecule has 9 nitrogen and oxygen atoms in total. The van der Waals surface area contributed by atoms with Crippen LogP contribution >= 0.6 is 22.6 Å². The first kappa shape index (κ1) is 28.5. The van der Waals surface area contributed by atoms with E-state index in [0.717, 1.165) is 3.57 Å². The number of carbonyl (C=O) groups excluding carboxylic acids is 2. The average Bonchev–Trinajstić information content (AvgIpc) is 2.84. The smallest absolute Gasteiger partial charge is 0.248 e. The molecule has 0 saturated carbocycles. The predicted octanol–water partition coefficient (Wildman–Crippen LogP) is 1.50. The minimum Gasteiger partial charge on any atom is -0.482 e. The molecule has 0 radical (unpaired) electrons. The van der Waals surface area contributed by atoms with E-state index >= 15 is 0 Å². The summed E-state index contributed by atoms with van der Waals surface area (Å²) in [5, 5.41) is 23.0. The van der Waals surface area contributed by atoms with E-state index in [9.17, 15) is 14.7 Å². The minimum atomic E-state index is -1.07. The van der Waals surface area contributed by atoms with Crippen LogP contribution in [0.4, 0.5) is 0 Å². The van der Waals surface area contributed by atoms with E-state index < -0.39 is 18.2 Å². The molecule has 0 spiro atoms. The third kappa shape index (κ3) is 8.49. The normalized spacial score (nSPS) is 19.9. The summed E-state index contributed by atoms with van der Waals surface area (Å²) in [6, 6.07) is 6.68. The Labute approximate surface area is 214 Å². The molecule has 0 aliphatic heterocycles. The molecule has 34 heavy (non-hydrogen) atoms. The Morgan fingerprint density at radius 2 is 1.94 bits per heavy atom. The second-order valence-electron chi connectivity index (χ2n) is 7.72. The zero-order chi connectivity index (χ0) is 24.9. The lowest BCUT2D eigenvalue weighted by Gasteiger charge is -2.40. The number of hydrogen-bond acceptors (Lipinski definition) is 7. The summed E-state index contributed by atoms with van der Waals surface area (Å²) in [6.45, 7) is 5.27. The van der Waals surface area contributed by atoms with Crippen molar-refractivity contribution in [2.45, 2.75) is 44.9 Å². The molecule has 0 aromatic heterocycles. The number of amides is 2. The van der Waals surface area contributed by atoms with Gasteiger partial charge < -0.3 is 34.6 Å². The zero-order valence-electron chi connectivity index (χ0n) is 19.7. The third-order valence-corrected chi connectivity index (χ3v) is 6.25. The monoisotopic (exact) mass is 590 g/mol. The fourth-order valence-corrected chi connectivity index (χ4v) is 4.21. The van der Waals surface area contributed by atoms with Crippen LogP contribution in [0.3, 0.4) is 0 Å². The summed E-state index contributed by atoms with van der Waals surface area (Å²) in [4.78, 5) is 27.4. The van der Waals surface area contributed by atoms with Crippen LogP contribution in [-0.2, 0) is 19.1 Å². The predicted molar refractivity (Wildman–Crippen MR) is 135 cm³/mol. The van der Waals surface area contributed by atoms with Crippen molar-refractivity contribution in [2.75, 3.05) is 46.1 Å². The number of hydrogen-bond donors (Lipinski definition) is 3. The molecule has 0 unspecified atom stereocenters. The number of aliphatic hydroxyl groups excluding tert-OH is 2. The van der Waals surface area contributed by atoms with Crippen LogP contribution in [0.25, 0.3) is 0 Å². The summed E-state index contributed by atoms with van der Waals surface area (Å²) in [5.74, 6) is -0.0657. The molecular weight excluding hydrogens is 555 g/mol. The summed E-state index contributed by atoms with van der Waals surface area (Å²) < 4.78 is 17.7. The average molecular weight is 590 g/mol. The first-order chi connectivity index (χ1) is 16.4. The van der Waals surface area contributed by atoms with Gasteiger partial charge in [-0.3, -0.25) is 9.59 Å². The van der Waals surface area contributed by atoms with E-state index in [1.165, 1.54) is 0 Å². The van der Waals surface area contributed by atoms with Crippen molar-refractivity contribution >= 4 is 34.4 Å². The summed E-state index contributed by atoms with van der Waals surface area (Å²) in [5.41, 5.74) is 0.388. The Morgan fingerprint density at radius 1 is 1.21 bits per heavy atom. The van der Waals surface area contributed by atoms with Crippen LogP contribution in [0.5, 0.6) is 5.75 Å². The van der Waals surface area contributed by atoms with Gasteiger partial charge in [-0.25, -0.2) is 0 Å². The first-order valence-corrected chi connectivity index (χ1v) is 12.6. The molecule has 10 heteroatoms. The maximum absolute atomic E-state index is 13.0. The number of halogens is 1. The number of ether oxygens (including phenoxy) is 3. The van der Waals surface area contributed by atoms with Gasteiger partial charge in [-0.1, -0.05) is 12.1 Å². The van der Waals surface area contributed by atoms with Crippen LogP contribution in [-0.4, -0.2) is 91.3 Å². The lowest BCUT2D eigenvalue weighted by molar-refractivity contribution is -0.143. The third-order valence-electron chi connectivity index (χ3n) is 5.36. The van der Waals surface area contributed by atoms with E-state index in [1.54, 1.807) is 24.0 Å². The summed E-state index contributed by atoms with van der Waals surface area (Å²) in [7, 11) is 0. The number of carbonyl (C=O) groups is 2. The van der Waals surface area contributed by atoms with Crippen molar-refractivity contribution in [3.63, 3.8) is 0 Å². The van der Waals surface area contributed by atoms with Crippen LogP contribution < -0.4 is 10.1 Å². The minimum absolute atomic E-state index is 0.104. The Bertz CT molecular complexity index is 820. The molecule has 1 aromatic carbocycles. The van der Waals surface area contributed by atoms with Crippen molar-refractivity contribution in [3.05, 3.63) is 39.5 Å². The second kappa shape index (κ2) is 15.3. The van der Waals surface area contributed by atoms with Crippen LogP contribution in [0.2, 0.25) is 0 Å². The number of benzene rings is 1. The molecule has 0 saturated heterocycles. The topological polar surface area (TPSA) is 118 Å². The first-order valence-electron chi connectivity index (χ1n) is 11.6. The molecule has 0 fully saturated rings. The Kier molecular flexibility index (Phi) is 12.8. The zero-order valence-corrected chi connectivity index (χ0v) is 21.9. The van der Waals surface area contributed by atoms with E-state index in [4.69, 9.17) is 19.3 Å². The quantitative estimate of drug-likeness (QED) is 0.222. The molecule has 2 rings (SSSR count). The number of nitrogens with zero attached hydrogens (tertiary/aromatic N) is 1. The number of para-hydroxylation sites is 1. The van der Waals surface area contributed by atoms with Gasteiger partial charge >= 0.3 is 0 Å². The van der Waals surface area contributed by atoms with E-state index in [-0.39, 0.29) is 38.0 Å². The molecule has 3 atom stereocenters. The van der Waals surface area contributed by atoms with Gasteiger partial charge in [0.1, 0.15) is 24.6 Å². The van der Waals surface area contributed by atoms with E-state index in [1.807, 2.05) is 25.1 Å². The van der Waals surface area contributed by atoms with Gasteiger partial charge in [0.25, 0.3) is 0 Å². The van der Waals surface area contributed by atoms with E-state index in [2.05, 4.69) is 27.9 Å². The molecule has 2 amide bonds. The standard InChI is InChI=1S/C24H35IN2O7/c1-3-32-13-7-11-27(22(29)16-33-4-2)19-14-17(24(31)26-10-12-28)15-21(23(19)30)34-20-9-6-5-8-18(20)25/h5-6,8-9,15,19,21,23,28,30H,3-4,7,10-14,16H2,1-2H3,(H,26,31)/t19-,21+,23+/m1/s1. The SMILES string of the molecule is CCOCCCN(C(=O)COCC)[C@@H]1CC(C(=O)NCCO)=C[C@H](Oc2ccccc2I)[C@H]1O. The Hall–Kier alpha value is -1.73. The molecule has 0 heterocycles. The lowest BCUT2D eigenvalue weighted by Crippen LogP contribution is -2.56. The summed E-state index contributed by atoms with van der Waals surface area (Å²) in [6.07, 6.45) is 0.410. The van der Waals surface area contributed by atoms with Crippen molar-refractivity contribution in [1.29, 1.82) is 0 Å². The number of nitrogens with one attached hydrogen (secondary N) is 1. The fourth-order valence-electron chi connectivity index (χ4n) is 3.70. The van der Waals surface area contributed by atoms with Gasteiger partial charge in [0, 0.05) is 44.9 Å². The lowest BCUT2D eigenvalue weighted by atomic mass is 9.88. The number of aliphatic hydroxyl groups is 2. The van der Waals surface area contributed by atoms with Gasteiger partial charge in [-0.15, -0.1) is 0 Å². The molecule has 0 bridgehead atoms. The highest BCUT2D eigenvalue weighted by Gasteiger charge is 2.40. The Balaban J connectivity index is 2.33. The van der Waals surface area contributed by atoms with Crippen molar-refractivity contribution in [3.8, 4) is 5.75 Å². The summed E-state index contributed by atoms with van der Waals surface area (Å²) >= 11 is 2.14. The van der Waals surface area contributed by atoms with E-state index in [0.29, 0.717) is 44.1 Å². The second-order valence-corrected chi connectivity index (χ2v) is 8.88. The molecular formula is C24H35IN2O7. The van der Waals surface area contributed by atoms with Crippen LogP contribution in [0, 0.1) is 3.57 Å². The van der Waals surface area contributed by atoms with Crippen molar-refractivity contribution in [2.24, 2.45) is 0 Å². The van der Waals surface area contributed by atoms with Crippen LogP contribution in [0.1, 0.15) is 26.7 Å². The number of rotatable bonds is 14. The fraction of sp³-hybridized carbons (Fsp3) is 0.583. The van der Waals surface area contributed by atoms with Crippen LogP contribution in [0.15, 0.2) is 35.9 Å². The molecule has 1 aliphatic rings. The highest BCUT2D eigenvalue weighted by Crippen LogP contribution is 2.29.